The van der Waals surface area contributed by atoms with Gasteiger partial charge in [-0.2, -0.15) is 0 Å². The molecule has 0 bridgehead atoms. The Bertz CT molecular complexity index is 815. The maximum absolute atomic E-state index is 13.4. The summed E-state index contributed by atoms with van der Waals surface area (Å²) in [6.45, 7) is 6.96. The summed E-state index contributed by atoms with van der Waals surface area (Å²) in [5.41, 5.74) is 2.51. The number of amides is 4. The maximum atomic E-state index is 13.4. The van der Waals surface area contributed by atoms with E-state index >= 15 is 0 Å². The predicted octanol–water partition coefficient (Wildman–Crippen LogP) is 4.47. The fourth-order valence-electron chi connectivity index (χ4n) is 3.04. The minimum absolute atomic E-state index is 0.336. The van der Waals surface area contributed by atoms with E-state index in [1.807, 2.05) is 24.3 Å². The van der Waals surface area contributed by atoms with Crippen molar-refractivity contribution < 1.29 is 14.4 Å². The van der Waals surface area contributed by atoms with Crippen LogP contribution < -0.4 is 9.80 Å². The second kappa shape index (κ2) is 6.75. The van der Waals surface area contributed by atoms with Gasteiger partial charge < -0.3 is 0 Å². The second-order valence-electron chi connectivity index (χ2n) is 6.97. The van der Waals surface area contributed by atoms with Crippen molar-refractivity contribution in [3.8, 4) is 11.1 Å². The number of carbonyl (C=O) groups is 3. The number of para-hydroxylation sites is 2. The quantitative estimate of drug-likeness (QED) is 0.803. The molecule has 0 saturated heterocycles. The average Bonchev–Trinajstić information content (AvgIpc) is 2.72. The van der Waals surface area contributed by atoms with E-state index in [0.717, 1.165) is 20.9 Å². The van der Waals surface area contributed by atoms with Crippen molar-refractivity contribution in [1.82, 2.24) is 0 Å². The van der Waals surface area contributed by atoms with Crippen LogP contribution in [0.4, 0.5) is 16.2 Å². The summed E-state index contributed by atoms with van der Waals surface area (Å²) >= 11 is 0. The minimum atomic E-state index is -0.625. The van der Waals surface area contributed by atoms with Gasteiger partial charge in [-0.1, -0.05) is 64.1 Å². The summed E-state index contributed by atoms with van der Waals surface area (Å²) in [6.07, 6.45) is 0. The fourth-order valence-corrected chi connectivity index (χ4v) is 3.04. The number of nitrogens with zero attached hydrogens (tertiary/aromatic N) is 2. The van der Waals surface area contributed by atoms with Crippen molar-refractivity contribution in [2.45, 2.75) is 27.7 Å². The molecule has 1 aliphatic rings. The van der Waals surface area contributed by atoms with E-state index in [9.17, 15) is 14.4 Å². The first kappa shape index (κ1) is 17.9. The SMILES string of the molecule is CC(C)C(=O)N1C(=O)N(C(=O)C(C)C)c2ccccc2-c2ccccc21. The number of hydrogen-bond acceptors (Lipinski definition) is 3. The van der Waals surface area contributed by atoms with E-state index in [2.05, 4.69) is 0 Å². The molecule has 0 fully saturated rings. The van der Waals surface area contributed by atoms with Gasteiger partial charge in [0.2, 0.25) is 11.8 Å². The Labute approximate surface area is 153 Å². The van der Waals surface area contributed by atoms with E-state index in [-0.39, 0.29) is 23.7 Å². The summed E-state index contributed by atoms with van der Waals surface area (Å²) < 4.78 is 0. The molecule has 0 unspecified atom stereocenters. The Morgan fingerprint density at radius 3 is 1.38 bits per heavy atom. The van der Waals surface area contributed by atoms with Crippen molar-refractivity contribution in [2.75, 3.05) is 9.80 Å². The van der Waals surface area contributed by atoms with Crippen LogP contribution in [0.25, 0.3) is 11.1 Å². The second-order valence-corrected chi connectivity index (χ2v) is 6.97. The molecule has 4 amide bonds. The molecule has 2 aromatic rings. The minimum Gasteiger partial charge on any atom is -0.274 e. The Morgan fingerprint density at radius 1 is 0.692 bits per heavy atom. The molecule has 0 aliphatic carbocycles. The molecule has 0 saturated carbocycles. The molecule has 1 heterocycles. The lowest BCUT2D eigenvalue weighted by Gasteiger charge is -2.28. The van der Waals surface area contributed by atoms with Crippen molar-refractivity contribution in [3.63, 3.8) is 0 Å². The summed E-state index contributed by atoms with van der Waals surface area (Å²) in [7, 11) is 0. The van der Waals surface area contributed by atoms with Crippen LogP contribution in [0.5, 0.6) is 0 Å². The van der Waals surface area contributed by atoms with E-state index in [1.54, 1.807) is 52.0 Å². The van der Waals surface area contributed by atoms with E-state index < -0.39 is 6.03 Å². The Morgan fingerprint density at radius 2 is 1.04 bits per heavy atom. The van der Waals surface area contributed by atoms with Gasteiger partial charge in [-0.05, 0) is 12.1 Å². The summed E-state index contributed by atoms with van der Waals surface area (Å²) in [6, 6.07) is 13.9. The number of urea groups is 1. The van der Waals surface area contributed by atoms with Crippen molar-refractivity contribution >= 4 is 29.2 Å². The first-order valence-electron chi connectivity index (χ1n) is 8.75. The molecule has 5 nitrogen and oxygen atoms in total. The standard InChI is InChI=1S/C21H22N2O3/c1-13(2)19(24)22-17-11-7-5-9-15(17)16-10-6-8-12-18(16)23(21(22)26)20(25)14(3)4/h5-14H,1-4H3. The maximum Gasteiger partial charge on any atom is 0.342 e. The highest BCUT2D eigenvalue weighted by atomic mass is 16.2. The first-order chi connectivity index (χ1) is 12.3. The highest BCUT2D eigenvalue weighted by molar-refractivity contribution is 6.31. The van der Waals surface area contributed by atoms with Gasteiger partial charge in [-0.15, -0.1) is 0 Å². The van der Waals surface area contributed by atoms with Crippen LogP contribution in [-0.2, 0) is 9.59 Å². The molecular formula is C21H22N2O3. The van der Waals surface area contributed by atoms with Gasteiger partial charge in [0, 0.05) is 23.0 Å². The Hall–Kier alpha value is -2.95. The highest BCUT2D eigenvalue weighted by Crippen LogP contribution is 2.41. The normalized spacial score (nSPS) is 13.5. The van der Waals surface area contributed by atoms with Crippen LogP contribution in [0.2, 0.25) is 0 Å². The number of benzene rings is 2. The summed E-state index contributed by atoms with van der Waals surface area (Å²) in [5, 5.41) is 0. The molecule has 0 aromatic heterocycles. The topological polar surface area (TPSA) is 57.7 Å². The van der Waals surface area contributed by atoms with Gasteiger partial charge in [0.25, 0.3) is 0 Å². The van der Waals surface area contributed by atoms with Gasteiger partial charge in [-0.3, -0.25) is 9.59 Å². The zero-order valence-electron chi connectivity index (χ0n) is 15.4. The van der Waals surface area contributed by atoms with Crippen LogP contribution in [-0.4, -0.2) is 17.8 Å². The molecule has 134 valence electrons. The van der Waals surface area contributed by atoms with E-state index in [0.29, 0.717) is 11.4 Å². The molecule has 0 N–H and O–H groups in total. The fraction of sp³-hybridized carbons (Fsp3) is 0.286. The molecular weight excluding hydrogens is 328 g/mol. The average molecular weight is 350 g/mol. The third-order valence-corrected chi connectivity index (χ3v) is 4.39. The van der Waals surface area contributed by atoms with Gasteiger partial charge in [0.1, 0.15) is 0 Å². The predicted molar refractivity (Wildman–Crippen MR) is 102 cm³/mol. The number of anilines is 2. The lowest BCUT2D eigenvalue weighted by atomic mass is 10.0. The van der Waals surface area contributed by atoms with Crippen LogP contribution in [0.3, 0.4) is 0 Å². The van der Waals surface area contributed by atoms with Gasteiger partial charge in [-0.25, -0.2) is 14.6 Å². The van der Waals surface area contributed by atoms with Crippen molar-refractivity contribution in [3.05, 3.63) is 48.5 Å². The molecule has 3 rings (SSSR count). The molecule has 0 atom stereocenters. The molecule has 5 heteroatoms. The number of carbonyl (C=O) groups excluding carboxylic acids is 3. The molecule has 0 spiro atoms. The molecule has 2 aromatic carbocycles. The Kier molecular flexibility index (Phi) is 4.64. The summed E-state index contributed by atoms with van der Waals surface area (Å²) in [4.78, 5) is 41.4. The van der Waals surface area contributed by atoms with E-state index in [4.69, 9.17) is 0 Å². The first-order valence-corrected chi connectivity index (χ1v) is 8.75. The third-order valence-electron chi connectivity index (χ3n) is 4.39. The van der Waals surface area contributed by atoms with Crippen LogP contribution in [0.1, 0.15) is 27.7 Å². The van der Waals surface area contributed by atoms with Crippen molar-refractivity contribution in [1.29, 1.82) is 0 Å². The van der Waals surface area contributed by atoms with Crippen LogP contribution in [0.15, 0.2) is 48.5 Å². The number of hydrogen-bond donors (Lipinski definition) is 0. The Balaban J connectivity index is 2.33. The van der Waals surface area contributed by atoms with Gasteiger partial charge in [0.05, 0.1) is 11.4 Å². The zero-order valence-corrected chi connectivity index (χ0v) is 15.4. The number of rotatable bonds is 2. The third kappa shape index (κ3) is 2.79. The van der Waals surface area contributed by atoms with Crippen molar-refractivity contribution in [2.24, 2.45) is 11.8 Å². The van der Waals surface area contributed by atoms with Crippen LogP contribution >= 0.6 is 0 Å². The molecule has 0 radical (unpaired) electrons. The lowest BCUT2D eigenvalue weighted by molar-refractivity contribution is -0.120. The number of imide groups is 2. The van der Waals surface area contributed by atoms with Gasteiger partial charge >= 0.3 is 6.03 Å². The molecule has 26 heavy (non-hydrogen) atoms. The van der Waals surface area contributed by atoms with E-state index in [1.165, 1.54) is 0 Å². The van der Waals surface area contributed by atoms with Crippen LogP contribution in [0, 0.1) is 11.8 Å². The largest absolute Gasteiger partial charge is 0.342 e. The molecule has 1 aliphatic heterocycles. The van der Waals surface area contributed by atoms with Gasteiger partial charge in [0.15, 0.2) is 0 Å². The highest BCUT2D eigenvalue weighted by Gasteiger charge is 2.39. The monoisotopic (exact) mass is 350 g/mol. The zero-order chi connectivity index (χ0) is 19.0. The smallest absolute Gasteiger partial charge is 0.274 e. The lowest BCUT2D eigenvalue weighted by Crippen LogP contribution is -2.51. The summed E-state index contributed by atoms with van der Waals surface area (Å²) in [5.74, 6) is -1.44. The number of fused-ring (bicyclic) bond motifs is 3.